The van der Waals surface area contributed by atoms with E-state index in [9.17, 15) is 4.79 Å². The molecule has 28 heavy (non-hydrogen) atoms. The smallest absolute Gasteiger partial charge is 0.265 e. The Kier molecular flexibility index (Phi) is 6.55. The number of rotatable bonds is 8. The Bertz CT molecular complexity index is 907. The summed E-state index contributed by atoms with van der Waals surface area (Å²) in [6.07, 6.45) is 0. The summed E-state index contributed by atoms with van der Waals surface area (Å²) in [5.74, 6) is 1.77. The molecule has 0 aliphatic rings. The van der Waals surface area contributed by atoms with E-state index >= 15 is 0 Å². The molecule has 5 nitrogen and oxygen atoms in total. The molecule has 0 aliphatic carbocycles. The van der Waals surface area contributed by atoms with Crippen molar-refractivity contribution in [1.29, 1.82) is 0 Å². The highest BCUT2D eigenvalue weighted by atomic mass is 32.1. The average molecular weight is 397 g/mol. The van der Waals surface area contributed by atoms with Crippen molar-refractivity contribution in [3.8, 4) is 17.2 Å². The molecule has 0 radical (unpaired) electrons. The first-order valence-corrected chi connectivity index (χ1v) is 9.73. The monoisotopic (exact) mass is 397 g/mol. The first kappa shape index (κ1) is 19.8. The zero-order valence-corrected chi connectivity index (χ0v) is 17.0. The molecule has 1 aromatic heterocycles. The Balaban J connectivity index is 1.78. The average Bonchev–Trinajstić information content (AvgIpc) is 3.24. The van der Waals surface area contributed by atoms with Gasteiger partial charge in [-0.2, -0.15) is 0 Å². The van der Waals surface area contributed by atoms with Gasteiger partial charge in [-0.15, -0.1) is 11.3 Å². The Morgan fingerprint density at radius 3 is 2.43 bits per heavy atom. The van der Waals surface area contributed by atoms with Crippen LogP contribution in [0.25, 0.3) is 0 Å². The number of carbonyl (C=O) groups is 1. The molecule has 3 rings (SSSR count). The molecule has 0 saturated carbocycles. The van der Waals surface area contributed by atoms with Crippen LogP contribution in [-0.4, -0.2) is 26.7 Å². The summed E-state index contributed by atoms with van der Waals surface area (Å²) in [6, 6.07) is 17.0. The highest BCUT2D eigenvalue weighted by Gasteiger charge is 2.18. The topological polar surface area (TPSA) is 48.0 Å². The predicted molar refractivity (Wildman–Crippen MR) is 112 cm³/mol. The molecule has 0 saturated heterocycles. The van der Waals surface area contributed by atoms with Crippen LogP contribution in [0, 0.1) is 6.92 Å². The lowest BCUT2D eigenvalue weighted by Crippen LogP contribution is -2.34. The Labute approximate surface area is 169 Å². The van der Waals surface area contributed by atoms with E-state index in [1.54, 1.807) is 30.5 Å². The number of aryl methyl sites for hydroxylation is 1. The number of benzene rings is 2. The number of amides is 1. The Morgan fingerprint density at radius 2 is 1.79 bits per heavy atom. The van der Waals surface area contributed by atoms with Gasteiger partial charge >= 0.3 is 0 Å². The molecule has 0 spiro atoms. The standard InChI is InChI=1S/C22H23NO4S/c1-16-6-11-20(21(13-16)26-3)27-15-22(24)23(14-19-5-4-12-28-19)17-7-9-18(25-2)10-8-17/h4-13H,14-15H2,1-3H3. The van der Waals surface area contributed by atoms with Crippen LogP contribution in [0.2, 0.25) is 0 Å². The minimum absolute atomic E-state index is 0.0865. The van der Waals surface area contributed by atoms with E-state index in [4.69, 9.17) is 14.2 Å². The molecule has 0 fully saturated rings. The van der Waals surface area contributed by atoms with E-state index < -0.39 is 0 Å². The molecule has 0 N–H and O–H groups in total. The van der Waals surface area contributed by atoms with Gasteiger partial charge in [-0.1, -0.05) is 12.1 Å². The van der Waals surface area contributed by atoms with E-state index in [1.807, 2.05) is 66.9 Å². The van der Waals surface area contributed by atoms with Crippen LogP contribution in [-0.2, 0) is 11.3 Å². The molecule has 6 heteroatoms. The molecular formula is C22H23NO4S. The highest BCUT2D eigenvalue weighted by Crippen LogP contribution is 2.28. The molecule has 2 aromatic carbocycles. The van der Waals surface area contributed by atoms with Crippen molar-refractivity contribution in [1.82, 2.24) is 0 Å². The number of hydrogen-bond acceptors (Lipinski definition) is 5. The summed E-state index contributed by atoms with van der Waals surface area (Å²) in [5.41, 5.74) is 1.85. The zero-order valence-electron chi connectivity index (χ0n) is 16.2. The normalized spacial score (nSPS) is 10.4. The van der Waals surface area contributed by atoms with E-state index in [0.29, 0.717) is 18.0 Å². The summed E-state index contributed by atoms with van der Waals surface area (Å²) in [7, 11) is 3.20. The second-order valence-electron chi connectivity index (χ2n) is 6.20. The van der Waals surface area contributed by atoms with Gasteiger partial charge in [0.25, 0.3) is 5.91 Å². The van der Waals surface area contributed by atoms with Crippen molar-refractivity contribution < 1.29 is 19.0 Å². The molecule has 3 aromatic rings. The molecule has 1 heterocycles. The minimum Gasteiger partial charge on any atom is -0.497 e. The first-order chi connectivity index (χ1) is 13.6. The molecule has 0 atom stereocenters. The van der Waals surface area contributed by atoms with E-state index in [1.165, 1.54) is 0 Å². The van der Waals surface area contributed by atoms with Crippen LogP contribution < -0.4 is 19.1 Å². The van der Waals surface area contributed by atoms with Gasteiger partial charge in [0.2, 0.25) is 0 Å². The summed E-state index contributed by atoms with van der Waals surface area (Å²) in [6.45, 7) is 2.37. The summed E-state index contributed by atoms with van der Waals surface area (Å²) in [5, 5.41) is 2.00. The largest absolute Gasteiger partial charge is 0.497 e. The van der Waals surface area contributed by atoms with Gasteiger partial charge in [0.05, 0.1) is 20.8 Å². The van der Waals surface area contributed by atoms with Crippen LogP contribution in [0.4, 0.5) is 5.69 Å². The second kappa shape index (κ2) is 9.28. The van der Waals surface area contributed by atoms with Crippen LogP contribution >= 0.6 is 11.3 Å². The molecular weight excluding hydrogens is 374 g/mol. The van der Waals surface area contributed by atoms with Crippen molar-refractivity contribution in [2.75, 3.05) is 25.7 Å². The van der Waals surface area contributed by atoms with Crippen molar-refractivity contribution in [2.45, 2.75) is 13.5 Å². The third-order valence-electron chi connectivity index (χ3n) is 4.25. The van der Waals surface area contributed by atoms with Gasteiger partial charge in [0.1, 0.15) is 5.75 Å². The lowest BCUT2D eigenvalue weighted by Gasteiger charge is -2.23. The zero-order chi connectivity index (χ0) is 19.9. The fourth-order valence-electron chi connectivity index (χ4n) is 2.76. The number of thiophene rings is 1. The number of ether oxygens (including phenoxy) is 3. The quantitative estimate of drug-likeness (QED) is 0.553. The summed E-state index contributed by atoms with van der Waals surface area (Å²) < 4.78 is 16.3. The second-order valence-corrected chi connectivity index (χ2v) is 7.23. The lowest BCUT2D eigenvalue weighted by atomic mass is 10.2. The lowest BCUT2D eigenvalue weighted by molar-refractivity contribution is -0.120. The van der Waals surface area contributed by atoms with Crippen molar-refractivity contribution >= 4 is 22.9 Å². The van der Waals surface area contributed by atoms with Gasteiger partial charge in [-0.3, -0.25) is 4.79 Å². The van der Waals surface area contributed by atoms with Crippen molar-refractivity contribution in [3.05, 3.63) is 70.4 Å². The van der Waals surface area contributed by atoms with E-state index in [0.717, 1.165) is 21.9 Å². The van der Waals surface area contributed by atoms with Gasteiger partial charge in [0.15, 0.2) is 18.1 Å². The van der Waals surface area contributed by atoms with Gasteiger partial charge in [0, 0.05) is 10.6 Å². The maximum Gasteiger partial charge on any atom is 0.265 e. The molecule has 0 aliphatic heterocycles. The molecule has 0 unspecified atom stereocenters. The van der Waals surface area contributed by atoms with Crippen LogP contribution in [0.3, 0.4) is 0 Å². The molecule has 1 amide bonds. The minimum atomic E-state index is -0.138. The maximum atomic E-state index is 13.0. The number of methoxy groups -OCH3 is 2. The van der Waals surface area contributed by atoms with Gasteiger partial charge in [-0.25, -0.2) is 0 Å². The first-order valence-electron chi connectivity index (χ1n) is 8.85. The molecule has 146 valence electrons. The van der Waals surface area contributed by atoms with Crippen LogP contribution in [0.15, 0.2) is 60.0 Å². The fourth-order valence-corrected chi connectivity index (χ4v) is 3.45. The summed E-state index contributed by atoms with van der Waals surface area (Å²) >= 11 is 1.61. The Hall–Kier alpha value is -2.99. The van der Waals surface area contributed by atoms with Crippen LogP contribution in [0.5, 0.6) is 17.2 Å². The fraction of sp³-hybridized carbons (Fsp3) is 0.227. The van der Waals surface area contributed by atoms with Gasteiger partial charge < -0.3 is 19.1 Å². The number of carbonyl (C=O) groups excluding carboxylic acids is 1. The van der Waals surface area contributed by atoms with Crippen molar-refractivity contribution in [2.24, 2.45) is 0 Å². The number of nitrogens with zero attached hydrogens (tertiary/aromatic N) is 1. The Morgan fingerprint density at radius 1 is 1.00 bits per heavy atom. The predicted octanol–water partition coefficient (Wildman–Crippen LogP) is 4.69. The van der Waals surface area contributed by atoms with E-state index in [2.05, 4.69) is 0 Å². The number of anilines is 1. The van der Waals surface area contributed by atoms with Crippen molar-refractivity contribution in [3.63, 3.8) is 0 Å². The summed E-state index contributed by atoms with van der Waals surface area (Å²) in [4.78, 5) is 15.8. The van der Waals surface area contributed by atoms with Crippen LogP contribution in [0.1, 0.15) is 10.4 Å². The maximum absolute atomic E-state index is 13.0. The third kappa shape index (κ3) is 4.84. The van der Waals surface area contributed by atoms with E-state index in [-0.39, 0.29) is 12.5 Å². The number of hydrogen-bond donors (Lipinski definition) is 0. The van der Waals surface area contributed by atoms with Gasteiger partial charge in [-0.05, 0) is 60.3 Å². The molecule has 0 bridgehead atoms. The highest BCUT2D eigenvalue weighted by molar-refractivity contribution is 7.09. The third-order valence-corrected chi connectivity index (χ3v) is 5.11. The SMILES string of the molecule is COc1ccc(N(Cc2cccs2)C(=O)COc2ccc(C)cc2OC)cc1.